The van der Waals surface area contributed by atoms with Gasteiger partial charge >= 0.3 is 6.09 Å². The van der Waals surface area contributed by atoms with Crippen molar-refractivity contribution in [3.63, 3.8) is 0 Å². The van der Waals surface area contributed by atoms with Crippen LogP contribution in [0.4, 0.5) is 16.2 Å². The van der Waals surface area contributed by atoms with Crippen molar-refractivity contribution in [1.82, 2.24) is 0 Å². The van der Waals surface area contributed by atoms with Crippen molar-refractivity contribution >= 4 is 29.3 Å². The quantitative estimate of drug-likeness (QED) is 0.413. The van der Waals surface area contributed by atoms with Crippen molar-refractivity contribution in [1.29, 1.82) is 0 Å². The predicted octanol–water partition coefficient (Wildman–Crippen LogP) is 5.85. The summed E-state index contributed by atoms with van der Waals surface area (Å²) in [6.07, 6.45) is -0.842. The van der Waals surface area contributed by atoms with E-state index < -0.39 is 29.0 Å². The zero-order valence-corrected chi connectivity index (χ0v) is 21.4. The molecule has 0 saturated carbocycles. The second-order valence-electron chi connectivity index (χ2n) is 9.80. The summed E-state index contributed by atoms with van der Waals surface area (Å²) in [5, 5.41) is 0. The minimum atomic E-state index is -1.59. The zero-order chi connectivity index (χ0) is 26.8. The first-order chi connectivity index (χ1) is 17.6. The molecule has 190 valence electrons. The topological polar surface area (TPSA) is 76.2 Å². The number of para-hydroxylation sites is 1. The van der Waals surface area contributed by atoms with Gasteiger partial charge in [-0.1, -0.05) is 55.1 Å². The van der Waals surface area contributed by atoms with Crippen LogP contribution in [0.25, 0.3) is 0 Å². The summed E-state index contributed by atoms with van der Waals surface area (Å²) in [5.41, 5.74) is -0.834. The van der Waals surface area contributed by atoms with E-state index in [1.165, 1.54) is 4.90 Å². The van der Waals surface area contributed by atoms with Crippen molar-refractivity contribution < 1.29 is 23.9 Å². The Hall–Kier alpha value is -4.39. The van der Waals surface area contributed by atoms with Crippen LogP contribution in [0.15, 0.2) is 97.1 Å². The van der Waals surface area contributed by atoms with E-state index in [1.807, 2.05) is 6.07 Å². The number of amides is 3. The maximum atomic E-state index is 14.8. The highest BCUT2D eigenvalue weighted by Crippen LogP contribution is 2.47. The van der Waals surface area contributed by atoms with Gasteiger partial charge in [-0.2, -0.15) is 0 Å². The lowest BCUT2D eigenvalue weighted by molar-refractivity contribution is -0.125. The summed E-state index contributed by atoms with van der Waals surface area (Å²) in [7, 11) is 1.55. The Labute approximate surface area is 216 Å². The van der Waals surface area contributed by atoms with E-state index in [9.17, 15) is 14.4 Å². The van der Waals surface area contributed by atoms with Gasteiger partial charge < -0.3 is 9.47 Å². The molecule has 0 unspecified atom stereocenters. The summed E-state index contributed by atoms with van der Waals surface area (Å²) in [6, 6.07) is 24.4. The molecular weight excluding hydrogens is 468 g/mol. The van der Waals surface area contributed by atoms with Gasteiger partial charge in [0.25, 0.3) is 11.8 Å². The normalized spacial score (nSPS) is 17.5. The van der Waals surface area contributed by atoms with E-state index in [1.54, 1.807) is 107 Å². The first-order valence-electron chi connectivity index (χ1n) is 11.9. The summed E-state index contributed by atoms with van der Waals surface area (Å²) in [6.45, 7) is 9.18. The average molecular weight is 499 g/mol. The van der Waals surface area contributed by atoms with E-state index in [4.69, 9.17) is 9.47 Å². The maximum absolute atomic E-state index is 14.8. The van der Waals surface area contributed by atoms with Gasteiger partial charge in [-0.25, -0.2) is 9.69 Å². The second kappa shape index (κ2) is 9.93. The number of carbonyl (C=O) groups excluding carboxylic acids is 3. The number of benzene rings is 3. The Balaban J connectivity index is 1.96. The number of carbonyl (C=O) groups is 3. The summed E-state index contributed by atoms with van der Waals surface area (Å²) in [4.78, 5) is 44.4. The fraction of sp³-hybridized carbons (Fsp3) is 0.233. The monoisotopic (exact) mass is 498 g/mol. The van der Waals surface area contributed by atoms with Crippen molar-refractivity contribution in [3.8, 4) is 5.75 Å². The molecule has 1 saturated heterocycles. The summed E-state index contributed by atoms with van der Waals surface area (Å²) in [5.74, 6) is -0.424. The molecule has 3 aromatic carbocycles. The molecule has 1 aliphatic rings. The highest BCUT2D eigenvalue weighted by atomic mass is 16.6. The molecule has 7 nitrogen and oxygen atoms in total. The lowest BCUT2D eigenvalue weighted by Crippen LogP contribution is -2.58. The number of ether oxygens (including phenoxy) is 2. The van der Waals surface area contributed by atoms with Gasteiger partial charge in [-0.15, -0.1) is 0 Å². The van der Waals surface area contributed by atoms with Gasteiger partial charge in [-0.05, 0) is 62.7 Å². The lowest BCUT2D eigenvalue weighted by Gasteiger charge is -2.40. The van der Waals surface area contributed by atoms with Gasteiger partial charge in [-0.3, -0.25) is 14.5 Å². The van der Waals surface area contributed by atoms with Crippen LogP contribution in [-0.2, 0) is 19.9 Å². The van der Waals surface area contributed by atoms with Crippen LogP contribution in [0.1, 0.15) is 32.8 Å². The van der Waals surface area contributed by atoms with Gasteiger partial charge in [0.05, 0.1) is 12.8 Å². The molecule has 0 spiro atoms. The molecular formula is C30H30N2O5. The number of rotatable bonds is 5. The molecule has 37 heavy (non-hydrogen) atoms. The third-order valence-electron chi connectivity index (χ3n) is 6.09. The maximum Gasteiger partial charge on any atom is 0.421 e. The fourth-order valence-electron chi connectivity index (χ4n) is 4.48. The third-order valence-corrected chi connectivity index (χ3v) is 6.09. The van der Waals surface area contributed by atoms with Crippen LogP contribution in [0, 0.1) is 0 Å². The lowest BCUT2D eigenvalue weighted by atomic mass is 9.84. The molecule has 1 aliphatic heterocycles. The Morgan fingerprint density at radius 3 is 2.03 bits per heavy atom. The van der Waals surface area contributed by atoms with E-state index in [-0.39, 0.29) is 12.0 Å². The zero-order valence-electron chi connectivity index (χ0n) is 21.4. The summed E-state index contributed by atoms with van der Waals surface area (Å²) >= 11 is 0. The Bertz CT molecular complexity index is 1310. The molecule has 3 amide bonds. The number of imide groups is 1. The minimum absolute atomic E-state index is 0.00710. The van der Waals surface area contributed by atoms with Crippen molar-refractivity contribution in [2.75, 3.05) is 16.9 Å². The molecule has 0 radical (unpaired) electrons. The van der Waals surface area contributed by atoms with Crippen LogP contribution in [0.5, 0.6) is 5.75 Å². The Morgan fingerprint density at radius 2 is 1.49 bits per heavy atom. The number of hydrogen-bond donors (Lipinski definition) is 0. The first-order valence-corrected chi connectivity index (χ1v) is 11.9. The summed E-state index contributed by atoms with van der Waals surface area (Å²) < 4.78 is 10.9. The van der Waals surface area contributed by atoms with Gasteiger partial charge in [0.2, 0.25) is 0 Å². The molecule has 4 rings (SSSR count). The number of nitrogens with zero attached hydrogens (tertiary/aromatic N) is 2. The number of anilines is 2. The molecule has 1 fully saturated rings. The van der Waals surface area contributed by atoms with Crippen molar-refractivity contribution in [2.24, 2.45) is 0 Å². The molecule has 0 N–H and O–H groups in total. The van der Waals surface area contributed by atoms with Crippen molar-refractivity contribution in [2.45, 2.75) is 38.3 Å². The highest BCUT2D eigenvalue weighted by Gasteiger charge is 2.57. The van der Waals surface area contributed by atoms with Crippen LogP contribution < -0.4 is 14.5 Å². The Morgan fingerprint density at radius 1 is 0.919 bits per heavy atom. The van der Waals surface area contributed by atoms with E-state index in [2.05, 4.69) is 6.58 Å². The van der Waals surface area contributed by atoms with Gasteiger partial charge in [0.1, 0.15) is 11.4 Å². The number of hydrogen-bond acceptors (Lipinski definition) is 5. The van der Waals surface area contributed by atoms with E-state index in [0.717, 1.165) is 4.90 Å². The van der Waals surface area contributed by atoms with Crippen LogP contribution in [0.2, 0.25) is 0 Å². The van der Waals surface area contributed by atoms with E-state index >= 15 is 0 Å². The second-order valence-corrected chi connectivity index (χ2v) is 9.80. The van der Waals surface area contributed by atoms with Crippen LogP contribution >= 0.6 is 0 Å². The molecule has 0 bridgehead atoms. The molecule has 0 aliphatic carbocycles. The standard InChI is InChI=1S/C30H30N2O5/c1-21-20-30(22-12-8-6-9-13-22,32(26(21)33)24-16-18-25(36-5)19-17-24)27(34)31(23-14-10-7-11-15-23)28(35)37-29(2,3)4/h6-19H,1,20H2,2-5H3/t30-/m0/s1. The highest BCUT2D eigenvalue weighted by molar-refractivity contribution is 6.23. The Kier molecular flexibility index (Phi) is 6.90. The average Bonchev–Trinajstić information content (AvgIpc) is 3.15. The van der Waals surface area contributed by atoms with E-state index in [0.29, 0.717) is 22.7 Å². The first kappa shape index (κ1) is 25.7. The smallest absolute Gasteiger partial charge is 0.421 e. The van der Waals surface area contributed by atoms with Crippen LogP contribution in [0.3, 0.4) is 0 Å². The van der Waals surface area contributed by atoms with Crippen LogP contribution in [-0.4, -0.2) is 30.6 Å². The predicted molar refractivity (Wildman–Crippen MR) is 143 cm³/mol. The largest absolute Gasteiger partial charge is 0.497 e. The SMILES string of the molecule is C=C1C[C@@](C(=O)N(C(=O)OC(C)(C)C)c2ccccc2)(c2ccccc2)N(c2ccc(OC)cc2)C1=O. The van der Waals surface area contributed by atoms with Crippen molar-refractivity contribution in [3.05, 3.63) is 103 Å². The molecule has 1 atom stereocenters. The van der Waals surface area contributed by atoms with Gasteiger partial charge in [0.15, 0.2) is 5.54 Å². The molecule has 0 aromatic heterocycles. The molecule has 3 aromatic rings. The van der Waals surface area contributed by atoms with Gasteiger partial charge in [0, 0.05) is 17.7 Å². The third kappa shape index (κ3) is 4.85. The number of methoxy groups -OCH3 is 1. The molecule has 1 heterocycles. The molecule has 7 heteroatoms. The minimum Gasteiger partial charge on any atom is -0.497 e. The fourth-order valence-corrected chi connectivity index (χ4v) is 4.48.